The number of esters is 1. The van der Waals surface area contributed by atoms with Crippen molar-refractivity contribution in [3.05, 3.63) is 28.8 Å². The quantitative estimate of drug-likeness (QED) is 0.778. The van der Waals surface area contributed by atoms with Crippen LogP contribution in [0, 0.1) is 19.8 Å². The zero-order chi connectivity index (χ0) is 17.7. The van der Waals surface area contributed by atoms with E-state index in [0.717, 1.165) is 22.4 Å². The van der Waals surface area contributed by atoms with E-state index in [4.69, 9.17) is 9.47 Å². The van der Waals surface area contributed by atoms with Gasteiger partial charge in [0.05, 0.1) is 26.1 Å². The molecular formula is C19H27NO4. The molecule has 1 fully saturated rings. The van der Waals surface area contributed by atoms with Crippen molar-refractivity contribution < 1.29 is 19.1 Å². The van der Waals surface area contributed by atoms with Gasteiger partial charge in [-0.25, -0.2) is 0 Å². The molecule has 1 aromatic carbocycles. The number of hydrogen-bond acceptors (Lipinski definition) is 4. The van der Waals surface area contributed by atoms with Gasteiger partial charge in [0.25, 0.3) is 0 Å². The number of carbonyl (C=O) groups excluding carboxylic acids is 2. The summed E-state index contributed by atoms with van der Waals surface area (Å²) in [5.41, 5.74) is 3.09. The molecule has 2 rings (SSSR count). The molecular weight excluding hydrogens is 306 g/mol. The number of nitrogens with zero attached hydrogens (tertiary/aromatic N) is 1. The Labute approximate surface area is 143 Å². The summed E-state index contributed by atoms with van der Waals surface area (Å²) in [6.07, 6.45) is 1.68. The van der Waals surface area contributed by atoms with Crippen molar-refractivity contribution in [3.8, 4) is 5.75 Å². The van der Waals surface area contributed by atoms with E-state index in [2.05, 4.69) is 6.07 Å². The Morgan fingerprint density at radius 1 is 1.21 bits per heavy atom. The molecule has 0 unspecified atom stereocenters. The number of piperidine rings is 1. The lowest BCUT2D eigenvalue weighted by atomic mass is 9.96. The highest BCUT2D eigenvalue weighted by Gasteiger charge is 2.28. The number of ether oxygens (including phenoxy) is 2. The van der Waals surface area contributed by atoms with Crippen LogP contribution in [0.5, 0.6) is 5.75 Å². The van der Waals surface area contributed by atoms with Crippen molar-refractivity contribution in [2.45, 2.75) is 40.0 Å². The number of methoxy groups -OCH3 is 1. The summed E-state index contributed by atoms with van der Waals surface area (Å²) in [7, 11) is 1.64. The number of hydrogen-bond donors (Lipinski definition) is 0. The van der Waals surface area contributed by atoms with Gasteiger partial charge >= 0.3 is 5.97 Å². The lowest BCUT2D eigenvalue weighted by Gasteiger charge is -2.31. The van der Waals surface area contributed by atoms with E-state index in [0.29, 0.717) is 39.0 Å². The minimum absolute atomic E-state index is 0.0789. The molecule has 1 aliphatic heterocycles. The predicted octanol–water partition coefficient (Wildman–Crippen LogP) is 2.66. The lowest BCUT2D eigenvalue weighted by molar-refractivity contribution is -0.151. The Bertz CT molecular complexity index is 604. The molecule has 0 radical (unpaired) electrons. The lowest BCUT2D eigenvalue weighted by Crippen LogP contribution is -2.41. The first-order valence-electron chi connectivity index (χ1n) is 8.54. The van der Waals surface area contributed by atoms with Crippen LogP contribution >= 0.6 is 0 Å². The first-order chi connectivity index (χ1) is 11.5. The molecule has 0 aromatic heterocycles. The Balaban J connectivity index is 1.98. The third-order valence-corrected chi connectivity index (χ3v) is 4.51. The van der Waals surface area contributed by atoms with E-state index < -0.39 is 0 Å². The molecule has 5 nitrogen and oxygen atoms in total. The second-order valence-corrected chi connectivity index (χ2v) is 6.36. The monoisotopic (exact) mass is 333 g/mol. The molecule has 132 valence electrons. The summed E-state index contributed by atoms with van der Waals surface area (Å²) >= 11 is 0. The molecule has 1 amide bonds. The van der Waals surface area contributed by atoms with E-state index >= 15 is 0 Å². The molecule has 0 saturated carbocycles. The maximum Gasteiger partial charge on any atom is 0.309 e. The van der Waals surface area contributed by atoms with Crippen molar-refractivity contribution in [1.29, 1.82) is 0 Å². The van der Waals surface area contributed by atoms with Gasteiger partial charge in [0.15, 0.2) is 0 Å². The van der Waals surface area contributed by atoms with E-state index in [1.165, 1.54) is 0 Å². The van der Waals surface area contributed by atoms with Crippen LogP contribution in [0.4, 0.5) is 0 Å². The zero-order valence-electron chi connectivity index (χ0n) is 15.1. The minimum atomic E-state index is -0.138. The fourth-order valence-electron chi connectivity index (χ4n) is 3.37. The Hall–Kier alpha value is -2.04. The Kier molecular flexibility index (Phi) is 6.23. The predicted molar refractivity (Wildman–Crippen MR) is 92.1 cm³/mol. The van der Waals surface area contributed by atoms with Gasteiger partial charge in [0.2, 0.25) is 5.91 Å². The number of amides is 1. The van der Waals surface area contributed by atoms with Crippen LogP contribution < -0.4 is 4.74 Å². The molecule has 0 bridgehead atoms. The van der Waals surface area contributed by atoms with Gasteiger partial charge in [-0.15, -0.1) is 0 Å². The number of rotatable bonds is 5. The molecule has 1 aliphatic rings. The standard InChI is InChI=1S/C19H27NO4/c1-5-24-19(22)15-6-8-20(9-7-15)17(21)12-16-11-13(2)10-14(3)18(16)23-4/h10-11,15H,5-9,12H2,1-4H3. The zero-order valence-corrected chi connectivity index (χ0v) is 15.1. The van der Waals surface area contributed by atoms with E-state index in [1.807, 2.05) is 31.7 Å². The number of carbonyl (C=O) groups is 2. The SMILES string of the molecule is CCOC(=O)C1CCN(C(=O)Cc2cc(C)cc(C)c2OC)CC1. The van der Waals surface area contributed by atoms with Gasteiger partial charge in [0, 0.05) is 18.7 Å². The van der Waals surface area contributed by atoms with Crippen molar-refractivity contribution in [3.63, 3.8) is 0 Å². The van der Waals surface area contributed by atoms with Crippen LogP contribution in [0.15, 0.2) is 12.1 Å². The molecule has 1 heterocycles. The van der Waals surface area contributed by atoms with Gasteiger partial charge in [-0.1, -0.05) is 17.7 Å². The maximum absolute atomic E-state index is 12.6. The van der Waals surface area contributed by atoms with Gasteiger partial charge < -0.3 is 14.4 Å². The fourth-order valence-corrected chi connectivity index (χ4v) is 3.37. The molecule has 1 saturated heterocycles. The molecule has 0 aliphatic carbocycles. The number of benzene rings is 1. The van der Waals surface area contributed by atoms with Crippen molar-refractivity contribution in [1.82, 2.24) is 4.90 Å². The minimum Gasteiger partial charge on any atom is -0.496 e. The number of aryl methyl sites for hydroxylation is 2. The largest absolute Gasteiger partial charge is 0.496 e. The molecule has 0 spiro atoms. The number of likely N-dealkylation sites (tertiary alicyclic amines) is 1. The molecule has 0 N–H and O–H groups in total. The van der Waals surface area contributed by atoms with Crippen LogP contribution in [0.1, 0.15) is 36.5 Å². The van der Waals surface area contributed by atoms with Crippen LogP contribution in [0.25, 0.3) is 0 Å². The van der Waals surface area contributed by atoms with Crippen molar-refractivity contribution >= 4 is 11.9 Å². The highest BCUT2D eigenvalue weighted by molar-refractivity contribution is 5.80. The Morgan fingerprint density at radius 2 is 1.88 bits per heavy atom. The first-order valence-corrected chi connectivity index (χ1v) is 8.54. The summed E-state index contributed by atoms with van der Waals surface area (Å²) in [4.78, 5) is 26.2. The summed E-state index contributed by atoms with van der Waals surface area (Å²) in [5, 5.41) is 0. The smallest absolute Gasteiger partial charge is 0.309 e. The van der Waals surface area contributed by atoms with Gasteiger partial charge in [0.1, 0.15) is 5.75 Å². The second kappa shape index (κ2) is 8.18. The summed E-state index contributed by atoms with van der Waals surface area (Å²) in [6.45, 7) is 7.44. The highest BCUT2D eigenvalue weighted by atomic mass is 16.5. The van der Waals surface area contributed by atoms with Gasteiger partial charge in [-0.2, -0.15) is 0 Å². The molecule has 5 heteroatoms. The van der Waals surface area contributed by atoms with Crippen LogP contribution in [-0.2, 0) is 20.7 Å². The fraction of sp³-hybridized carbons (Fsp3) is 0.579. The summed E-state index contributed by atoms with van der Waals surface area (Å²) < 4.78 is 10.5. The summed E-state index contributed by atoms with van der Waals surface area (Å²) in [5.74, 6) is 0.654. The topological polar surface area (TPSA) is 55.8 Å². The van der Waals surface area contributed by atoms with Crippen LogP contribution in [0.3, 0.4) is 0 Å². The molecule has 0 atom stereocenters. The molecule has 1 aromatic rings. The normalized spacial score (nSPS) is 15.2. The maximum atomic E-state index is 12.6. The van der Waals surface area contributed by atoms with Gasteiger partial charge in [-0.3, -0.25) is 9.59 Å². The summed E-state index contributed by atoms with van der Waals surface area (Å²) in [6, 6.07) is 4.06. The van der Waals surface area contributed by atoms with E-state index in [-0.39, 0.29) is 17.8 Å². The highest BCUT2D eigenvalue weighted by Crippen LogP contribution is 2.27. The second-order valence-electron chi connectivity index (χ2n) is 6.36. The van der Waals surface area contributed by atoms with Crippen molar-refractivity contribution in [2.24, 2.45) is 5.92 Å². The third-order valence-electron chi connectivity index (χ3n) is 4.51. The molecule has 24 heavy (non-hydrogen) atoms. The first kappa shape index (κ1) is 18.3. The van der Waals surface area contributed by atoms with Crippen LogP contribution in [0.2, 0.25) is 0 Å². The van der Waals surface area contributed by atoms with Crippen molar-refractivity contribution in [2.75, 3.05) is 26.8 Å². The van der Waals surface area contributed by atoms with E-state index in [1.54, 1.807) is 7.11 Å². The average Bonchev–Trinajstić information content (AvgIpc) is 2.55. The Morgan fingerprint density at radius 3 is 2.46 bits per heavy atom. The third kappa shape index (κ3) is 4.28. The average molecular weight is 333 g/mol. The van der Waals surface area contributed by atoms with Crippen LogP contribution in [-0.4, -0.2) is 43.6 Å². The van der Waals surface area contributed by atoms with Gasteiger partial charge in [-0.05, 0) is 39.2 Å². The van der Waals surface area contributed by atoms with E-state index in [9.17, 15) is 9.59 Å².